The Bertz CT molecular complexity index is 966. The number of aromatic hydroxyl groups is 1. The number of phenols is 1. The van der Waals surface area contributed by atoms with Crippen molar-refractivity contribution in [3.8, 4) is 11.5 Å². The number of nitrogens with one attached hydrogen (secondary N) is 2. The van der Waals surface area contributed by atoms with Crippen LogP contribution in [0.2, 0.25) is 0 Å². The third kappa shape index (κ3) is 4.72. The van der Waals surface area contributed by atoms with Gasteiger partial charge in [-0.2, -0.15) is 0 Å². The van der Waals surface area contributed by atoms with Crippen molar-refractivity contribution in [1.29, 1.82) is 0 Å². The number of hydrogen-bond donors (Lipinski definition) is 3. The van der Waals surface area contributed by atoms with Gasteiger partial charge in [-0.1, -0.05) is 18.2 Å². The molecule has 1 atom stereocenters. The molecule has 27 heavy (non-hydrogen) atoms. The van der Waals surface area contributed by atoms with E-state index in [1.54, 1.807) is 31.2 Å². The Kier molecular flexibility index (Phi) is 4.98. The highest BCUT2D eigenvalue weighted by Crippen LogP contribution is 2.31. The number of aromatic amines is 1. The van der Waals surface area contributed by atoms with Gasteiger partial charge in [0.1, 0.15) is 17.2 Å². The number of carbonyl (C=O) groups is 1. The molecule has 0 radical (unpaired) electrons. The van der Waals surface area contributed by atoms with Crippen LogP contribution in [0, 0.1) is 0 Å². The van der Waals surface area contributed by atoms with Gasteiger partial charge in [0.15, 0.2) is 0 Å². The summed E-state index contributed by atoms with van der Waals surface area (Å²) in [6.07, 6.45) is -4.33. The van der Waals surface area contributed by atoms with Gasteiger partial charge in [0.2, 0.25) is 0 Å². The average molecular weight is 378 g/mol. The Balaban J connectivity index is 1.74. The molecule has 0 fully saturated rings. The largest absolute Gasteiger partial charge is 0.573 e. The summed E-state index contributed by atoms with van der Waals surface area (Å²) < 4.78 is 41.5. The van der Waals surface area contributed by atoms with Gasteiger partial charge in [0.05, 0.1) is 0 Å². The van der Waals surface area contributed by atoms with Crippen molar-refractivity contribution in [3.05, 3.63) is 59.8 Å². The summed E-state index contributed by atoms with van der Waals surface area (Å²) >= 11 is 0. The lowest BCUT2D eigenvalue weighted by Gasteiger charge is -2.13. The number of phenolic OH excluding ortho intramolecular Hbond substituents is 1. The second-order valence-electron chi connectivity index (χ2n) is 6.20. The second-order valence-corrected chi connectivity index (χ2v) is 6.20. The lowest BCUT2D eigenvalue weighted by Crippen LogP contribution is -2.34. The van der Waals surface area contributed by atoms with Gasteiger partial charge in [0.25, 0.3) is 5.91 Å². The number of H-pyrrole nitrogens is 1. The number of rotatable bonds is 5. The molecule has 0 aliphatic carbocycles. The van der Waals surface area contributed by atoms with Crippen LogP contribution < -0.4 is 10.1 Å². The number of halogens is 3. The van der Waals surface area contributed by atoms with Gasteiger partial charge in [-0.25, -0.2) is 0 Å². The molecule has 0 bridgehead atoms. The van der Waals surface area contributed by atoms with Crippen molar-refractivity contribution in [3.63, 3.8) is 0 Å². The summed E-state index contributed by atoms with van der Waals surface area (Å²) in [4.78, 5) is 15.2. The molecule has 1 amide bonds. The van der Waals surface area contributed by atoms with Crippen LogP contribution in [0.1, 0.15) is 23.0 Å². The van der Waals surface area contributed by atoms with Crippen LogP contribution in [0.3, 0.4) is 0 Å². The fraction of sp³-hybridized carbons (Fsp3) is 0.211. The van der Waals surface area contributed by atoms with Crippen LogP contribution >= 0.6 is 0 Å². The SMILES string of the molecule is CC(Cc1cccc(O)c1)NC(=O)c1cc2c(OC(F)(F)F)cccc2[nH]1. The first-order chi connectivity index (χ1) is 12.7. The number of ether oxygens (including phenoxy) is 1. The maximum absolute atomic E-state index is 12.5. The summed E-state index contributed by atoms with van der Waals surface area (Å²) in [5.41, 5.74) is 1.34. The molecule has 142 valence electrons. The molecule has 0 aliphatic rings. The van der Waals surface area contributed by atoms with Crippen LogP contribution in [-0.4, -0.2) is 28.4 Å². The predicted octanol–water partition coefficient (Wildman–Crippen LogP) is 4.13. The number of carbonyl (C=O) groups excluding carboxylic acids is 1. The molecule has 8 heteroatoms. The first-order valence-corrected chi connectivity index (χ1v) is 8.17. The van der Waals surface area contributed by atoms with E-state index in [0.29, 0.717) is 11.9 Å². The van der Waals surface area contributed by atoms with E-state index >= 15 is 0 Å². The first-order valence-electron chi connectivity index (χ1n) is 8.17. The number of benzene rings is 2. The van der Waals surface area contributed by atoms with Crippen molar-refractivity contribution >= 4 is 16.8 Å². The van der Waals surface area contributed by atoms with Crippen LogP contribution in [0.5, 0.6) is 11.5 Å². The van der Waals surface area contributed by atoms with Gasteiger partial charge in [-0.15, -0.1) is 13.2 Å². The highest BCUT2D eigenvalue weighted by molar-refractivity contribution is 5.99. The molecule has 0 saturated heterocycles. The van der Waals surface area contributed by atoms with Crippen molar-refractivity contribution in [2.75, 3.05) is 0 Å². The zero-order valence-electron chi connectivity index (χ0n) is 14.3. The average Bonchev–Trinajstić information content (AvgIpc) is 2.99. The lowest BCUT2D eigenvalue weighted by molar-refractivity contribution is -0.274. The fourth-order valence-electron chi connectivity index (χ4n) is 2.85. The summed E-state index contributed by atoms with van der Waals surface area (Å²) in [6.45, 7) is 1.79. The molecule has 0 aliphatic heterocycles. The maximum Gasteiger partial charge on any atom is 0.573 e. The third-order valence-electron chi connectivity index (χ3n) is 3.92. The number of hydrogen-bond acceptors (Lipinski definition) is 3. The minimum Gasteiger partial charge on any atom is -0.508 e. The molecule has 3 aromatic rings. The molecular formula is C19H17F3N2O3. The topological polar surface area (TPSA) is 74.3 Å². The quantitative estimate of drug-likeness (QED) is 0.625. The van der Waals surface area contributed by atoms with Gasteiger partial charge in [0, 0.05) is 16.9 Å². The minimum atomic E-state index is -4.82. The Morgan fingerprint density at radius 2 is 1.96 bits per heavy atom. The van der Waals surface area contributed by atoms with E-state index in [4.69, 9.17) is 0 Å². The van der Waals surface area contributed by atoms with E-state index < -0.39 is 12.3 Å². The summed E-state index contributed by atoms with van der Waals surface area (Å²) in [5.74, 6) is -0.682. The summed E-state index contributed by atoms with van der Waals surface area (Å²) in [6, 6.07) is 11.9. The summed E-state index contributed by atoms with van der Waals surface area (Å²) in [7, 11) is 0. The van der Waals surface area contributed by atoms with Crippen molar-refractivity contribution in [2.45, 2.75) is 25.7 Å². The lowest BCUT2D eigenvalue weighted by atomic mass is 10.1. The molecule has 5 nitrogen and oxygen atoms in total. The zero-order valence-corrected chi connectivity index (χ0v) is 14.3. The standard InChI is InChI=1S/C19H17F3N2O3/c1-11(8-12-4-2-5-13(25)9-12)23-18(26)16-10-14-15(24-16)6-3-7-17(14)27-19(20,21)22/h2-7,9-11,24-25H,8H2,1H3,(H,23,26). The van der Waals surface area contributed by atoms with Crippen LogP contribution in [0.4, 0.5) is 13.2 Å². The van der Waals surface area contributed by atoms with Gasteiger partial charge in [-0.3, -0.25) is 4.79 Å². The number of aromatic nitrogens is 1. The van der Waals surface area contributed by atoms with Crippen molar-refractivity contribution in [2.24, 2.45) is 0 Å². The zero-order chi connectivity index (χ0) is 19.6. The second kappa shape index (κ2) is 7.22. The number of alkyl halides is 3. The monoisotopic (exact) mass is 378 g/mol. The van der Waals surface area contributed by atoms with Gasteiger partial charge >= 0.3 is 6.36 Å². The fourth-order valence-corrected chi connectivity index (χ4v) is 2.85. The highest BCUT2D eigenvalue weighted by Gasteiger charge is 2.32. The maximum atomic E-state index is 12.5. The van der Waals surface area contributed by atoms with Crippen LogP contribution in [0.15, 0.2) is 48.5 Å². The van der Waals surface area contributed by atoms with E-state index in [1.165, 1.54) is 18.2 Å². The van der Waals surface area contributed by atoms with Crippen LogP contribution in [0.25, 0.3) is 10.9 Å². The van der Waals surface area contributed by atoms with E-state index in [2.05, 4.69) is 15.0 Å². The normalized spacial score (nSPS) is 12.7. The van der Waals surface area contributed by atoms with E-state index in [9.17, 15) is 23.1 Å². The molecule has 3 rings (SSSR count). The molecule has 1 heterocycles. The molecule has 0 saturated carbocycles. The van der Waals surface area contributed by atoms with Gasteiger partial charge < -0.3 is 20.1 Å². The van der Waals surface area contributed by atoms with Crippen molar-refractivity contribution < 1.29 is 27.8 Å². The third-order valence-corrected chi connectivity index (χ3v) is 3.92. The Morgan fingerprint density at radius 3 is 2.67 bits per heavy atom. The molecule has 0 spiro atoms. The molecule has 2 aromatic carbocycles. The Labute approximate surface area is 152 Å². The molecule has 1 aromatic heterocycles. The number of amides is 1. The van der Waals surface area contributed by atoms with Gasteiger partial charge in [-0.05, 0) is 49.2 Å². The summed E-state index contributed by atoms with van der Waals surface area (Å²) in [5, 5.41) is 12.4. The Morgan fingerprint density at radius 1 is 1.22 bits per heavy atom. The molecule has 3 N–H and O–H groups in total. The predicted molar refractivity (Wildman–Crippen MR) is 93.7 cm³/mol. The van der Waals surface area contributed by atoms with Crippen molar-refractivity contribution in [1.82, 2.24) is 10.3 Å². The van der Waals surface area contributed by atoms with E-state index in [-0.39, 0.29) is 28.6 Å². The highest BCUT2D eigenvalue weighted by atomic mass is 19.4. The minimum absolute atomic E-state index is 0.131. The van der Waals surface area contributed by atoms with E-state index in [0.717, 1.165) is 5.56 Å². The van der Waals surface area contributed by atoms with Crippen LogP contribution in [-0.2, 0) is 6.42 Å². The number of fused-ring (bicyclic) bond motifs is 1. The Hall–Kier alpha value is -3.16. The molecular weight excluding hydrogens is 361 g/mol. The molecule has 1 unspecified atom stereocenters. The first kappa shape index (κ1) is 18.6. The smallest absolute Gasteiger partial charge is 0.508 e. The van der Waals surface area contributed by atoms with E-state index in [1.807, 2.05) is 6.07 Å².